The van der Waals surface area contributed by atoms with Gasteiger partial charge in [0.15, 0.2) is 6.23 Å². The normalized spacial score (nSPS) is 32.3. The number of aliphatic carboxylic acids is 1. The van der Waals surface area contributed by atoms with Crippen LogP contribution in [0.15, 0.2) is 0 Å². The van der Waals surface area contributed by atoms with Crippen LogP contribution < -0.4 is 5.73 Å². The zero-order valence-corrected chi connectivity index (χ0v) is 12.8. The van der Waals surface area contributed by atoms with Crippen LogP contribution in [-0.2, 0) is 14.3 Å². The van der Waals surface area contributed by atoms with Crippen molar-refractivity contribution < 1.29 is 39.5 Å². The van der Waals surface area contributed by atoms with E-state index in [0.717, 1.165) is 9.80 Å². The molecule has 2 heterocycles. The van der Waals surface area contributed by atoms with E-state index < -0.39 is 55.1 Å². The molecule has 11 nitrogen and oxygen atoms in total. The molecule has 3 unspecified atom stereocenters. The lowest BCUT2D eigenvalue weighted by atomic mass is 10.1. The van der Waals surface area contributed by atoms with Gasteiger partial charge in [0.2, 0.25) is 5.91 Å². The Morgan fingerprint density at radius 1 is 1.33 bits per heavy atom. The molecule has 0 aliphatic carbocycles. The Labute approximate surface area is 137 Å². The van der Waals surface area contributed by atoms with Crippen LogP contribution in [-0.4, -0.2) is 98.4 Å². The van der Waals surface area contributed by atoms with E-state index in [1.54, 1.807) is 0 Å². The number of hydrogen-bond donors (Lipinski definition) is 5. The SMILES string of the molecule is NC(CCN1C(=O)CCN([C@H]2O[C@@H](CO)C(O)C2O)C1=O)C(=O)O. The summed E-state index contributed by atoms with van der Waals surface area (Å²) in [6.07, 6.45) is -5.18. The van der Waals surface area contributed by atoms with E-state index in [2.05, 4.69) is 0 Å². The number of rotatable bonds is 6. The van der Waals surface area contributed by atoms with Crippen LogP contribution in [0.1, 0.15) is 12.8 Å². The summed E-state index contributed by atoms with van der Waals surface area (Å²) in [6, 6.07) is -1.98. The second-order valence-electron chi connectivity index (χ2n) is 5.73. The molecule has 0 saturated carbocycles. The highest BCUT2D eigenvalue weighted by Crippen LogP contribution is 2.27. The molecule has 0 spiro atoms. The molecule has 136 valence electrons. The standard InChI is InChI=1S/C13H21N3O8/c14-6(12(21)22)1-3-15-8(18)2-4-16(13(15)23)11-10(20)9(19)7(5-17)24-11/h6-7,9-11,17,19-20H,1-5,14H2,(H,21,22)/t6?,7-,9?,10?,11-/m0/s1. The van der Waals surface area contributed by atoms with Crippen LogP contribution in [0.4, 0.5) is 4.79 Å². The van der Waals surface area contributed by atoms with Gasteiger partial charge in [-0.1, -0.05) is 0 Å². The van der Waals surface area contributed by atoms with Crippen molar-refractivity contribution in [3.63, 3.8) is 0 Å². The summed E-state index contributed by atoms with van der Waals surface area (Å²) in [5.74, 6) is -1.73. The third kappa shape index (κ3) is 3.49. The molecule has 2 rings (SSSR count). The van der Waals surface area contributed by atoms with Crippen molar-refractivity contribution in [2.45, 2.75) is 43.4 Å². The van der Waals surface area contributed by atoms with E-state index >= 15 is 0 Å². The number of carbonyl (C=O) groups is 3. The summed E-state index contributed by atoms with van der Waals surface area (Å²) in [5.41, 5.74) is 5.37. The maximum atomic E-state index is 12.5. The van der Waals surface area contributed by atoms with E-state index in [9.17, 15) is 24.6 Å². The number of carbonyl (C=O) groups excluding carboxylic acids is 2. The van der Waals surface area contributed by atoms with Gasteiger partial charge in [-0.05, 0) is 6.42 Å². The highest BCUT2D eigenvalue weighted by Gasteiger charge is 2.49. The molecule has 11 heteroatoms. The Hall–Kier alpha value is -1.79. The van der Waals surface area contributed by atoms with Gasteiger partial charge in [-0.25, -0.2) is 4.79 Å². The largest absolute Gasteiger partial charge is 0.480 e. The average Bonchev–Trinajstić information content (AvgIpc) is 2.82. The van der Waals surface area contributed by atoms with Crippen LogP contribution in [0.5, 0.6) is 0 Å². The second kappa shape index (κ2) is 7.40. The third-order valence-electron chi connectivity index (χ3n) is 4.15. The molecule has 0 bridgehead atoms. The molecular weight excluding hydrogens is 326 g/mol. The number of aliphatic hydroxyl groups excluding tert-OH is 3. The van der Waals surface area contributed by atoms with Crippen molar-refractivity contribution in [3.8, 4) is 0 Å². The van der Waals surface area contributed by atoms with Gasteiger partial charge >= 0.3 is 12.0 Å². The molecule has 2 aliphatic rings. The van der Waals surface area contributed by atoms with Gasteiger partial charge < -0.3 is 30.9 Å². The first-order valence-corrected chi connectivity index (χ1v) is 7.49. The van der Waals surface area contributed by atoms with E-state index in [1.807, 2.05) is 0 Å². The molecule has 0 aromatic heterocycles. The van der Waals surface area contributed by atoms with Crippen molar-refractivity contribution in [1.29, 1.82) is 0 Å². The van der Waals surface area contributed by atoms with Crippen molar-refractivity contribution in [1.82, 2.24) is 9.80 Å². The Balaban J connectivity index is 2.06. The van der Waals surface area contributed by atoms with Crippen LogP contribution in [0.2, 0.25) is 0 Å². The Kier molecular flexibility index (Phi) is 5.72. The zero-order valence-electron chi connectivity index (χ0n) is 12.8. The van der Waals surface area contributed by atoms with E-state index in [0.29, 0.717) is 0 Å². The molecule has 24 heavy (non-hydrogen) atoms. The highest BCUT2D eigenvalue weighted by atomic mass is 16.6. The predicted octanol–water partition coefficient (Wildman–Crippen LogP) is -3.12. The molecule has 3 amide bonds. The summed E-state index contributed by atoms with van der Waals surface area (Å²) >= 11 is 0. The molecular formula is C13H21N3O8. The topological polar surface area (TPSA) is 174 Å². The second-order valence-corrected chi connectivity index (χ2v) is 5.73. The first kappa shape index (κ1) is 18.5. The van der Waals surface area contributed by atoms with Crippen LogP contribution in [0.25, 0.3) is 0 Å². The molecule has 2 saturated heterocycles. The summed E-state index contributed by atoms with van der Waals surface area (Å²) < 4.78 is 5.29. The summed E-state index contributed by atoms with van der Waals surface area (Å²) in [6.45, 7) is -0.741. The minimum absolute atomic E-state index is 0.0221. The number of nitrogens with two attached hydrogens (primary N) is 1. The smallest absolute Gasteiger partial charge is 0.328 e. The van der Waals surface area contributed by atoms with Gasteiger partial charge in [0.1, 0.15) is 24.4 Å². The van der Waals surface area contributed by atoms with Crippen LogP contribution in [0, 0.1) is 0 Å². The van der Waals surface area contributed by atoms with E-state index in [-0.39, 0.29) is 25.9 Å². The van der Waals surface area contributed by atoms with Gasteiger partial charge in [-0.2, -0.15) is 0 Å². The van der Waals surface area contributed by atoms with E-state index in [1.165, 1.54) is 0 Å². The van der Waals surface area contributed by atoms with Crippen molar-refractivity contribution in [2.24, 2.45) is 5.73 Å². The van der Waals surface area contributed by atoms with E-state index in [4.69, 9.17) is 20.7 Å². The predicted molar refractivity (Wildman–Crippen MR) is 76.4 cm³/mol. The lowest BCUT2D eigenvalue weighted by Crippen LogP contribution is -2.58. The Morgan fingerprint density at radius 3 is 2.54 bits per heavy atom. The molecule has 0 aromatic carbocycles. The van der Waals surface area contributed by atoms with Crippen LogP contribution >= 0.6 is 0 Å². The average molecular weight is 347 g/mol. The summed E-state index contributed by atoms with van der Waals surface area (Å²) in [5, 5.41) is 37.6. The van der Waals surface area contributed by atoms with Gasteiger partial charge in [-0.15, -0.1) is 0 Å². The van der Waals surface area contributed by atoms with Crippen molar-refractivity contribution in [3.05, 3.63) is 0 Å². The number of aliphatic hydroxyl groups is 3. The monoisotopic (exact) mass is 347 g/mol. The number of carboxylic acids is 1. The number of nitrogens with zero attached hydrogens (tertiary/aromatic N) is 2. The fourth-order valence-corrected chi connectivity index (χ4v) is 2.69. The van der Waals surface area contributed by atoms with Crippen LogP contribution in [0.3, 0.4) is 0 Å². The first-order chi connectivity index (χ1) is 11.3. The third-order valence-corrected chi connectivity index (χ3v) is 4.15. The fourth-order valence-electron chi connectivity index (χ4n) is 2.69. The first-order valence-electron chi connectivity index (χ1n) is 7.49. The molecule has 5 atom stereocenters. The molecule has 0 radical (unpaired) electrons. The number of imide groups is 1. The minimum Gasteiger partial charge on any atom is -0.480 e. The molecule has 2 aliphatic heterocycles. The van der Waals surface area contributed by atoms with Crippen molar-refractivity contribution >= 4 is 17.9 Å². The van der Waals surface area contributed by atoms with Crippen molar-refractivity contribution in [2.75, 3.05) is 19.7 Å². The maximum Gasteiger partial charge on any atom is 0.328 e. The minimum atomic E-state index is -1.43. The molecule has 6 N–H and O–H groups in total. The Bertz CT molecular complexity index is 515. The lowest BCUT2D eigenvalue weighted by molar-refractivity contribution is -0.141. The number of amides is 3. The highest BCUT2D eigenvalue weighted by molar-refractivity contribution is 5.97. The van der Waals surface area contributed by atoms with Gasteiger partial charge in [0, 0.05) is 19.5 Å². The quantitative estimate of drug-likeness (QED) is 0.333. The number of urea groups is 1. The summed E-state index contributed by atoms with van der Waals surface area (Å²) in [7, 11) is 0. The zero-order chi connectivity index (χ0) is 18.0. The fraction of sp³-hybridized carbons (Fsp3) is 0.769. The maximum absolute atomic E-state index is 12.5. The van der Waals surface area contributed by atoms with Gasteiger partial charge in [0.05, 0.1) is 6.61 Å². The van der Waals surface area contributed by atoms with Gasteiger partial charge in [-0.3, -0.25) is 19.4 Å². The Morgan fingerprint density at radius 2 is 2.00 bits per heavy atom. The number of carboxylic acid groups (broad SMARTS) is 1. The summed E-state index contributed by atoms with van der Waals surface area (Å²) in [4.78, 5) is 37.0. The number of ether oxygens (including phenoxy) is 1. The number of hydrogen-bond acceptors (Lipinski definition) is 8. The molecule has 2 fully saturated rings. The molecule has 0 aromatic rings. The lowest BCUT2D eigenvalue weighted by Gasteiger charge is -2.38. The van der Waals surface area contributed by atoms with Gasteiger partial charge in [0.25, 0.3) is 0 Å².